The molecule has 104 valence electrons. The zero-order valence-corrected chi connectivity index (χ0v) is 9.90. The van der Waals surface area contributed by atoms with Gasteiger partial charge in [0.05, 0.1) is 5.56 Å². The van der Waals surface area contributed by atoms with Crippen LogP contribution in [0.3, 0.4) is 0 Å². The number of nitrogens with one attached hydrogen (secondary N) is 1. The zero-order chi connectivity index (χ0) is 14.6. The van der Waals surface area contributed by atoms with E-state index in [0.29, 0.717) is 0 Å². The van der Waals surface area contributed by atoms with E-state index in [1.54, 1.807) is 0 Å². The molecule has 0 aliphatic heterocycles. The van der Waals surface area contributed by atoms with Crippen LogP contribution in [0.5, 0.6) is 0 Å². The van der Waals surface area contributed by atoms with Crippen molar-refractivity contribution in [1.82, 2.24) is 5.32 Å². The molecule has 0 heterocycles. The average molecular weight is 276 g/mol. The van der Waals surface area contributed by atoms with Gasteiger partial charge in [0.25, 0.3) is 0 Å². The number of amides is 1. The Morgan fingerprint density at radius 1 is 1.47 bits per heavy atom. The van der Waals surface area contributed by atoms with Gasteiger partial charge in [0.15, 0.2) is 0 Å². The van der Waals surface area contributed by atoms with E-state index < -0.39 is 35.2 Å². The van der Waals surface area contributed by atoms with Gasteiger partial charge in [-0.15, -0.1) is 0 Å². The number of benzene rings is 1. The van der Waals surface area contributed by atoms with Gasteiger partial charge in [0.2, 0.25) is 12.5 Å². The third-order valence-corrected chi connectivity index (χ3v) is 2.33. The van der Waals surface area contributed by atoms with Crippen LogP contribution in [0.4, 0.5) is 13.2 Å². The second kappa shape index (κ2) is 5.68. The van der Waals surface area contributed by atoms with E-state index in [4.69, 9.17) is 0 Å². The molecule has 0 aromatic heterocycles. The number of alkyl halides is 3. The fourth-order valence-corrected chi connectivity index (χ4v) is 1.56. The number of nitro groups is 1. The zero-order valence-electron chi connectivity index (χ0n) is 9.90. The van der Waals surface area contributed by atoms with E-state index >= 15 is 0 Å². The number of rotatable bonds is 4. The maximum absolute atomic E-state index is 12.5. The first-order chi connectivity index (χ1) is 8.70. The number of nitrogens with zero attached hydrogens (tertiary/aromatic N) is 1. The molecular formula is C11H11F3N2O3. The third-order valence-electron chi connectivity index (χ3n) is 2.33. The van der Waals surface area contributed by atoms with E-state index in [0.717, 1.165) is 25.1 Å². The molecule has 1 unspecified atom stereocenters. The second-order valence-electron chi connectivity index (χ2n) is 3.89. The van der Waals surface area contributed by atoms with Gasteiger partial charge in [-0.3, -0.25) is 14.9 Å². The summed E-state index contributed by atoms with van der Waals surface area (Å²) in [6.07, 6.45) is -4.54. The van der Waals surface area contributed by atoms with Crippen molar-refractivity contribution in [3.05, 3.63) is 45.5 Å². The van der Waals surface area contributed by atoms with E-state index in [1.165, 1.54) is 6.07 Å². The Bertz CT molecular complexity index is 472. The summed E-state index contributed by atoms with van der Waals surface area (Å²) in [5, 5.41) is 12.7. The van der Waals surface area contributed by atoms with Gasteiger partial charge in [-0.1, -0.05) is 12.1 Å². The SMILES string of the molecule is CC(=O)NC(C[N+](=O)[O-])c1cccc(C(F)(F)F)c1. The maximum atomic E-state index is 12.5. The molecule has 0 saturated heterocycles. The van der Waals surface area contributed by atoms with Gasteiger partial charge in [-0.25, -0.2) is 0 Å². The van der Waals surface area contributed by atoms with Crippen molar-refractivity contribution in [2.24, 2.45) is 0 Å². The van der Waals surface area contributed by atoms with Crippen LogP contribution in [0.25, 0.3) is 0 Å². The molecule has 5 nitrogen and oxygen atoms in total. The van der Waals surface area contributed by atoms with Crippen LogP contribution < -0.4 is 5.32 Å². The van der Waals surface area contributed by atoms with Gasteiger partial charge < -0.3 is 5.32 Å². The standard InChI is InChI=1S/C11H11F3N2O3/c1-7(17)15-10(6-16(18)19)8-3-2-4-9(5-8)11(12,13)14/h2-5,10H,6H2,1H3,(H,15,17). The van der Waals surface area contributed by atoms with Crippen molar-refractivity contribution in [3.63, 3.8) is 0 Å². The Morgan fingerprint density at radius 3 is 2.58 bits per heavy atom. The lowest BCUT2D eigenvalue weighted by molar-refractivity contribution is -0.484. The van der Waals surface area contributed by atoms with E-state index in [2.05, 4.69) is 5.32 Å². The molecule has 0 aliphatic rings. The van der Waals surface area contributed by atoms with Crippen molar-refractivity contribution in [1.29, 1.82) is 0 Å². The van der Waals surface area contributed by atoms with Crippen LogP contribution in [0.15, 0.2) is 24.3 Å². The summed E-state index contributed by atoms with van der Waals surface area (Å²) in [7, 11) is 0. The Hall–Kier alpha value is -2.12. The molecule has 0 radical (unpaired) electrons. The largest absolute Gasteiger partial charge is 0.416 e. The van der Waals surface area contributed by atoms with Crippen LogP contribution in [-0.4, -0.2) is 17.4 Å². The van der Waals surface area contributed by atoms with E-state index in [1.807, 2.05) is 0 Å². The smallest absolute Gasteiger partial charge is 0.343 e. The van der Waals surface area contributed by atoms with Crippen molar-refractivity contribution >= 4 is 5.91 Å². The van der Waals surface area contributed by atoms with Crippen LogP contribution in [0.2, 0.25) is 0 Å². The van der Waals surface area contributed by atoms with Crippen LogP contribution >= 0.6 is 0 Å². The fraction of sp³-hybridized carbons (Fsp3) is 0.364. The number of halogens is 3. The summed E-state index contributed by atoms with van der Waals surface area (Å²) in [5.74, 6) is -0.552. The monoisotopic (exact) mass is 276 g/mol. The van der Waals surface area contributed by atoms with E-state index in [9.17, 15) is 28.1 Å². The Kier molecular flexibility index (Phi) is 4.47. The van der Waals surface area contributed by atoms with Gasteiger partial charge in [0.1, 0.15) is 6.04 Å². The van der Waals surface area contributed by atoms with Gasteiger partial charge in [-0.05, 0) is 17.7 Å². The lowest BCUT2D eigenvalue weighted by Gasteiger charge is -2.16. The summed E-state index contributed by atoms with van der Waals surface area (Å²) in [6, 6.07) is 3.02. The number of carbonyl (C=O) groups excluding carboxylic acids is 1. The van der Waals surface area contributed by atoms with Crippen LogP contribution in [0.1, 0.15) is 24.1 Å². The maximum Gasteiger partial charge on any atom is 0.416 e. The molecular weight excluding hydrogens is 265 g/mol. The first kappa shape index (κ1) is 14.9. The minimum absolute atomic E-state index is 0.0433. The first-order valence-electron chi connectivity index (χ1n) is 5.26. The van der Waals surface area contributed by atoms with E-state index in [-0.39, 0.29) is 5.56 Å². The molecule has 0 saturated carbocycles. The minimum atomic E-state index is -4.54. The molecule has 0 fully saturated rings. The Balaban J connectivity index is 3.08. The Labute approximate surface area is 106 Å². The summed E-state index contributed by atoms with van der Waals surface area (Å²) >= 11 is 0. The second-order valence-corrected chi connectivity index (χ2v) is 3.89. The Morgan fingerprint density at radius 2 is 2.11 bits per heavy atom. The molecule has 1 aromatic carbocycles. The predicted molar refractivity (Wildman–Crippen MR) is 59.9 cm³/mol. The van der Waals surface area contributed by atoms with Crippen molar-refractivity contribution in [2.75, 3.05) is 6.54 Å². The molecule has 0 bridgehead atoms. The summed E-state index contributed by atoms with van der Waals surface area (Å²) in [6.45, 7) is 0.460. The lowest BCUT2D eigenvalue weighted by Crippen LogP contribution is -2.31. The molecule has 1 rings (SSSR count). The molecule has 1 N–H and O–H groups in total. The van der Waals surface area contributed by atoms with Crippen LogP contribution in [-0.2, 0) is 11.0 Å². The molecule has 0 spiro atoms. The first-order valence-corrected chi connectivity index (χ1v) is 5.26. The third kappa shape index (κ3) is 4.57. The van der Waals surface area contributed by atoms with Gasteiger partial charge >= 0.3 is 6.18 Å². The molecule has 19 heavy (non-hydrogen) atoms. The van der Waals surface area contributed by atoms with Crippen LogP contribution in [0, 0.1) is 10.1 Å². The van der Waals surface area contributed by atoms with Gasteiger partial charge in [0, 0.05) is 11.8 Å². The molecule has 1 amide bonds. The quantitative estimate of drug-likeness (QED) is 0.676. The number of hydrogen-bond acceptors (Lipinski definition) is 3. The topological polar surface area (TPSA) is 72.2 Å². The summed E-state index contributed by atoms with van der Waals surface area (Å²) < 4.78 is 37.6. The highest BCUT2D eigenvalue weighted by Crippen LogP contribution is 2.30. The van der Waals surface area contributed by atoms with Crippen molar-refractivity contribution in [2.45, 2.75) is 19.1 Å². The molecule has 1 aromatic rings. The average Bonchev–Trinajstić information content (AvgIpc) is 2.26. The molecule has 0 aliphatic carbocycles. The number of hydrogen-bond donors (Lipinski definition) is 1. The summed E-state index contributed by atoms with van der Waals surface area (Å²) in [4.78, 5) is 20.7. The van der Waals surface area contributed by atoms with Crippen molar-refractivity contribution < 1.29 is 22.9 Å². The van der Waals surface area contributed by atoms with Crippen molar-refractivity contribution in [3.8, 4) is 0 Å². The highest BCUT2D eigenvalue weighted by Gasteiger charge is 2.31. The predicted octanol–water partition coefficient (Wildman–Crippen LogP) is 2.16. The van der Waals surface area contributed by atoms with Gasteiger partial charge in [-0.2, -0.15) is 13.2 Å². The highest BCUT2D eigenvalue weighted by molar-refractivity contribution is 5.73. The fourth-order valence-electron chi connectivity index (χ4n) is 1.56. The summed E-state index contributed by atoms with van der Waals surface area (Å²) in [5.41, 5.74) is -0.870. The molecule has 8 heteroatoms. The lowest BCUT2D eigenvalue weighted by atomic mass is 10.0. The highest BCUT2D eigenvalue weighted by atomic mass is 19.4. The number of carbonyl (C=O) groups is 1. The normalized spacial score (nSPS) is 12.8. The minimum Gasteiger partial charge on any atom is -0.343 e. The molecule has 1 atom stereocenters.